The van der Waals surface area contributed by atoms with E-state index in [9.17, 15) is 27.9 Å². The van der Waals surface area contributed by atoms with Gasteiger partial charge in [0.1, 0.15) is 12.4 Å². The maximum atomic E-state index is 13.5. The predicted octanol–water partition coefficient (Wildman–Crippen LogP) is 1.80. The second-order valence-electron chi connectivity index (χ2n) is 6.70. The number of halogens is 3. The number of nitrogens with one attached hydrogen (secondary N) is 1. The van der Waals surface area contributed by atoms with Crippen molar-refractivity contribution < 1.29 is 27.9 Å². The number of aryl methyl sites for hydroxylation is 1. The van der Waals surface area contributed by atoms with E-state index in [4.69, 9.17) is 0 Å². The molecule has 3 rings (SSSR count). The number of nitrogens with zero attached hydrogens (tertiary/aromatic N) is 3. The Balaban J connectivity index is 1.63. The number of hydrogen-bond acceptors (Lipinski definition) is 4. The Morgan fingerprint density at radius 1 is 1.28 bits per heavy atom. The molecule has 2 heterocycles. The summed E-state index contributed by atoms with van der Waals surface area (Å²) in [5, 5.41) is 12.6. The van der Waals surface area contributed by atoms with E-state index < -0.39 is 42.4 Å². The van der Waals surface area contributed by atoms with Crippen molar-refractivity contribution in [1.29, 1.82) is 0 Å². The highest BCUT2D eigenvalue weighted by Crippen LogP contribution is 2.40. The van der Waals surface area contributed by atoms with Crippen LogP contribution in [0, 0.1) is 0 Å². The van der Waals surface area contributed by atoms with Gasteiger partial charge in [-0.05, 0) is 6.07 Å². The van der Waals surface area contributed by atoms with Gasteiger partial charge in [-0.1, -0.05) is 24.8 Å². The van der Waals surface area contributed by atoms with Crippen LogP contribution in [0.2, 0.25) is 0 Å². The molecule has 1 unspecified atom stereocenters. The van der Waals surface area contributed by atoms with Crippen molar-refractivity contribution in [3.63, 3.8) is 0 Å². The van der Waals surface area contributed by atoms with Crippen molar-refractivity contribution in [1.82, 2.24) is 19.8 Å². The Hall–Kier alpha value is -3.14. The third kappa shape index (κ3) is 3.63. The molecule has 0 aliphatic carbocycles. The highest BCUT2D eigenvalue weighted by molar-refractivity contribution is 6.10. The van der Waals surface area contributed by atoms with Crippen LogP contribution in [0.25, 0.3) is 5.70 Å². The molecular weight excluding hydrogens is 389 g/mol. The molecule has 1 aliphatic rings. The molecule has 29 heavy (non-hydrogen) atoms. The van der Waals surface area contributed by atoms with E-state index in [1.54, 1.807) is 24.3 Å². The summed E-state index contributed by atoms with van der Waals surface area (Å²) in [5.41, 5.74) is -1.86. The third-order valence-corrected chi connectivity index (χ3v) is 4.81. The van der Waals surface area contributed by atoms with Crippen LogP contribution in [0.3, 0.4) is 0 Å². The number of carbonyl (C=O) groups is 2. The quantitative estimate of drug-likeness (QED) is 0.763. The number of aliphatic hydroxyl groups is 1. The van der Waals surface area contributed by atoms with E-state index in [0.717, 1.165) is 15.7 Å². The van der Waals surface area contributed by atoms with E-state index in [1.165, 1.54) is 13.2 Å². The van der Waals surface area contributed by atoms with Gasteiger partial charge in [-0.25, -0.2) is 4.98 Å². The molecule has 1 aromatic heterocycles. The lowest BCUT2D eigenvalue weighted by Crippen LogP contribution is -2.47. The van der Waals surface area contributed by atoms with Crippen LogP contribution < -0.4 is 5.32 Å². The Morgan fingerprint density at radius 2 is 1.93 bits per heavy atom. The van der Waals surface area contributed by atoms with Crippen LogP contribution in [0.4, 0.5) is 13.2 Å². The maximum Gasteiger partial charge on any atom is 0.424 e. The molecule has 0 saturated carbocycles. The molecule has 2 amide bonds. The molecule has 10 heteroatoms. The van der Waals surface area contributed by atoms with E-state index in [0.29, 0.717) is 16.8 Å². The average molecular weight is 408 g/mol. The predicted molar refractivity (Wildman–Crippen MR) is 97.3 cm³/mol. The fraction of sp³-hybridized carbons (Fsp3) is 0.316. The van der Waals surface area contributed by atoms with Crippen LogP contribution in [0.5, 0.6) is 0 Å². The fourth-order valence-electron chi connectivity index (χ4n) is 3.23. The van der Waals surface area contributed by atoms with Crippen LogP contribution in [-0.4, -0.2) is 50.6 Å². The molecule has 0 saturated heterocycles. The number of fused-ring (bicyclic) bond motifs is 1. The Labute approximate surface area is 164 Å². The van der Waals surface area contributed by atoms with Gasteiger partial charge in [0.05, 0.1) is 0 Å². The normalized spacial score (nSPS) is 16.0. The van der Waals surface area contributed by atoms with Crippen molar-refractivity contribution in [3.8, 4) is 0 Å². The van der Waals surface area contributed by atoms with Crippen LogP contribution >= 0.6 is 0 Å². The smallest absolute Gasteiger partial charge is 0.374 e. The lowest BCUT2D eigenvalue weighted by Gasteiger charge is -2.30. The van der Waals surface area contributed by atoms with Gasteiger partial charge >= 0.3 is 6.18 Å². The first-order chi connectivity index (χ1) is 13.6. The Kier molecular flexibility index (Phi) is 5.22. The molecule has 1 aliphatic heterocycles. The molecule has 1 atom stereocenters. The van der Waals surface area contributed by atoms with Gasteiger partial charge in [0.15, 0.2) is 0 Å². The van der Waals surface area contributed by atoms with Crippen molar-refractivity contribution in [2.75, 3.05) is 13.1 Å². The van der Waals surface area contributed by atoms with Gasteiger partial charge in [0, 0.05) is 49.2 Å². The van der Waals surface area contributed by atoms with E-state index in [1.807, 2.05) is 0 Å². The number of amides is 2. The molecule has 1 aromatic carbocycles. The minimum atomic E-state index is -4.99. The second-order valence-corrected chi connectivity index (χ2v) is 6.70. The zero-order chi connectivity index (χ0) is 21.4. The molecule has 154 valence electrons. The van der Waals surface area contributed by atoms with Gasteiger partial charge in [0.25, 0.3) is 5.91 Å². The molecular formula is C19H19F3N4O3. The SMILES string of the molecule is C=C1c2ccccc2C(=O)N1CC(=O)NCCC(O)(c1nccn1C)C(F)(F)F. The second kappa shape index (κ2) is 7.36. The monoisotopic (exact) mass is 408 g/mol. The van der Waals surface area contributed by atoms with Gasteiger partial charge in [-0.15, -0.1) is 0 Å². The number of rotatable bonds is 6. The summed E-state index contributed by atoms with van der Waals surface area (Å²) in [5.74, 6) is -1.64. The topological polar surface area (TPSA) is 87.5 Å². The summed E-state index contributed by atoms with van der Waals surface area (Å²) in [6.07, 6.45) is -3.39. The Morgan fingerprint density at radius 3 is 2.48 bits per heavy atom. The lowest BCUT2D eigenvalue weighted by molar-refractivity contribution is -0.272. The summed E-state index contributed by atoms with van der Waals surface area (Å²) in [4.78, 5) is 29.3. The largest absolute Gasteiger partial charge is 0.424 e. The molecule has 0 radical (unpaired) electrons. The first-order valence-corrected chi connectivity index (χ1v) is 8.70. The van der Waals surface area contributed by atoms with E-state index in [-0.39, 0.29) is 6.54 Å². The van der Waals surface area contributed by atoms with Gasteiger partial charge in [-0.3, -0.25) is 14.5 Å². The summed E-state index contributed by atoms with van der Waals surface area (Å²) in [6, 6.07) is 6.72. The lowest BCUT2D eigenvalue weighted by atomic mass is 9.97. The minimum Gasteiger partial charge on any atom is -0.374 e. The van der Waals surface area contributed by atoms with Gasteiger partial charge in [0.2, 0.25) is 11.5 Å². The summed E-state index contributed by atoms with van der Waals surface area (Å²) in [7, 11) is 1.33. The van der Waals surface area contributed by atoms with Crippen LogP contribution in [-0.2, 0) is 17.4 Å². The number of aromatic nitrogens is 2. The summed E-state index contributed by atoms with van der Waals surface area (Å²) in [6.45, 7) is 2.94. The fourth-order valence-corrected chi connectivity index (χ4v) is 3.23. The minimum absolute atomic E-state index is 0.348. The van der Waals surface area contributed by atoms with Crippen LogP contribution in [0.15, 0.2) is 43.2 Å². The molecule has 2 N–H and O–H groups in total. The number of benzene rings is 1. The maximum absolute atomic E-state index is 13.5. The molecule has 7 nitrogen and oxygen atoms in total. The summed E-state index contributed by atoms with van der Waals surface area (Å²) < 4.78 is 41.5. The Bertz CT molecular complexity index is 935. The first-order valence-electron chi connectivity index (χ1n) is 8.70. The van der Waals surface area contributed by atoms with E-state index in [2.05, 4.69) is 16.9 Å². The molecule has 0 fully saturated rings. The average Bonchev–Trinajstić information content (AvgIpc) is 3.19. The van der Waals surface area contributed by atoms with Crippen molar-refractivity contribution >= 4 is 17.5 Å². The molecule has 0 bridgehead atoms. The van der Waals surface area contributed by atoms with Crippen LogP contribution in [0.1, 0.15) is 28.2 Å². The first kappa shape index (κ1) is 20.6. The van der Waals surface area contributed by atoms with E-state index >= 15 is 0 Å². The molecule has 0 spiro atoms. The number of carbonyl (C=O) groups excluding carboxylic acids is 2. The van der Waals surface area contributed by atoms with Crippen molar-refractivity contribution in [2.24, 2.45) is 7.05 Å². The third-order valence-electron chi connectivity index (χ3n) is 4.81. The van der Waals surface area contributed by atoms with Crippen molar-refractivity contribution in [2.45, 2.75) is 18.2 Å². The van der Waals surface area contributed by atoms with Crippen molar-refractivity contribution in [3.05, 3.63) is 60.2 Å². The highest BCUT2D eigenvalue weighted by atomic mass is 19.4. The standard InChI is InChI=1S/C19H19F3N4O3/c1-12-13-5-3-4-6-14(13)16(28)26(12)11-15(27)23-8-7-18(29,19(20,21)22)17-24-9-10-25(17)2/h3-6,9-10,29H,1,7-8,11H2,2H3,(H,23,27). The number of hydrogen-bond donors (Lipinski definition) is 2. The zero-order valence-electron chi connectivity index (χ0n) is 15.5. The summed E-state index contributed by atoms with van der Waals surface area (Å²) >= 11 is 0. The number of alkyl halides is 3. The zero-order valence-corrected chi connectivity index (χ0v) is 15.5. The van der Waals surface area contributed by atoms with Gasteiger partial charge < -0.3 is 15.0 Å². The number of imidazole rings is 1. The molecule has 2 aromatic rings. The van der Waals surface area contributed by atoms with Gasteiger partial charge in [-0.2, -0.15) is 13.2 Å². The highest BCUT2D eigenvalue weighted by Gasteiger charge is 2.57.